The van der Waals surface area contributed by atoms with E-state index in [-0.39, 0.29) is 17.8 Å². The van der Waals surface area contributed by atoms with Crippen molar-refractivity contribution in [3.8, 4) is 0 Å². The van der Waals surface area contributed by atoms with E-state index in [1.807, 2.05) is 37.8 Å². The zero-order chi connectivity index (χ0) is 22.0. The number of aryl methyl sites for hydroxylation is 2. The smallest absolute Gasteiger partial charge is 0.314 e. The minimum Gasteiger partial charge on any atom is -0.466 e. The lowest BCUT2D eigenvalue weighted by molar-refractivity contribution is -0.168. The number of carbonyl (C=O) groups is 2. The van der Waals surface area contributed by atoms with Gasteiger partial charge in [0, 0.05) is 49.2 Å². The first-order chi connectivity index (χ1) is 14.9. The van der Waals surface area contributed by atoms with E-state index in [2.05, 4.69) is 9.88 Å². The maximum Gasteiger partial charge on any atom is 0.314 e. The molecule has 31 heavy (non-hydrogen) atoms. The molecule has 170 valence electrons. The van der Waals surface area contributed by atoms with E-state index < -0.39 is 5.41 Å². The Morgan fingerprint density at radius 3 is 2.55 bits per heavy atom. The minimum atomic E-state index is -0.593. The molecule has 1 aromatic rings. The van der Waals surface area contributed by atoms with Crippen LogP contribution in [0.3, 0.4) is 0 Å². The van der Waals surface area contributed by atoms with Gasteiger partial charge in [-0.15, -0.1) is 0 Å². The quantitative estimate of drug-likeness (QED) is 0.685. The average molecular weight is 430 g/mol. The molecule has 7 nitrogen and oxygen atoms in total. The Morgan fingerprint density at radius 1 is 1.16 bits per heavy atom. The largest absolute Gasteiger partial charge is 0.466 e. The van der Waals surface area contributed by atoms with Crippen LogP contribution < -0.4 is 0 Å². The summed E-state index contributed by atoms with van der Waals surface area (Å²) in [7, 11) is 0. The van der Waals surface area contributed by atoms with E-state index >= 15 is 0 Å². The second-order valence-corrected chi connectivity index (χ2v) is 9.30. The SMILES string of the molecule is CCOC(=O)[C@@]12CC[C@@H](N3CCOCC3)C[C@H]1CCN(C(=O)c1cc(C)nc(C)c1)C2. The Balaban J connectivity index is 1.54. The summed E-state index contributed by atoms with van der Waals surface area (Å²) in [5.74, 6) is 0.115. The van der Waals surface area contributed by atoms with Crippen molar-refractivity contribution in [2.45, 2.75) is 52.5 Å². The number of fused-ring (bicyclic) bond motifs is 1. The molecule has 0 N–H and O–H groups in total. The van der Waals surface area contributed by atoms with Crippen molar-refractivity contribution in [2.24, 2.45) is 11.3 Å². The molecule has 0 unspecified atom stereocenters. The van der Waals surface area contributed by atoms with Crippen molar-refractivity contribution < 1.29 is 19.1 Å². The fraction of sp³-hybridized carbons (Fsp3) is 0.708. The Labute approximate surface area is 185 Å². The van der Waals surface area contributed by atoms with Crippen LogP contribution in [0.1, 0.15) is 54.4 Å². The second kappa shape index (κ2) is 9.25. The van der Waals surface area contributed by atoms with Gasteiger partial charge >= 0.3 is 5.97 Å². The van der Waals surface area contributed by atoms with Crippen LogP contribution in [0.5, 0.6) is 0 Å². The lowest BCUT2D eigenvalue weighted by atomic mass is 9.61. The zero-order valence-electron chi connectivity index (χ0n) is 19.1. The average Bonchev–Trinajstić information content (AvgIpc) is 2.78. The van der Waals surface area contributed by atoms with E-state index in [1.54, 1.807) is 0 Å². The number of morpholine rings is 1. The van der Waals surface area contributed by atoms with Gasteiger partial charge in [-0.1, -0.05) is 0 Å². The molecule has 2 aliphatic heterocycles. The summed E-state index contributed by atoms with van der Waals surface area (Å²) < 4.78 is 11.1. The molecule has 3 fully saturated rings. The third-order valence-electron chi connectivity index (χ3n) is 7.34. The molecule has 2 saturated heterocycles. The number of aromatic nitrogens is 1. The van der Waals surface area contributed by atoms with Gasteiger partial charge in [0.15, 0.2) is 0 Å². The van der Waals surface area contributed by atoms with E-state index in [0.29, 0.717) is 31.3 Å². The summed E-state index contributed by atoms with van der Waals surface area (Å²) >= 11 is 0. The van der Waals surface area contributed by atoms with Gasteiger partial charge in [0.25, 0.3) is 5.91 Å². The Morgan fingerprint density at radius 2 is 1.87 bits per heavy atom. The number of piperidine rings is 1. The van der Waals surface area contributed by atoms with Gasteiger partial charge < -0.3 is 14.4 Å². The summed E-state index contributed by atoms with van der Waals surface area (Å²) in [5, 5.41) is 0. The summed E-state index contributed by atoms with van der Waals surface area (Å²) in [4.78, 5) is 35.4. The number of hydrogen-bond acceptors (Lipinski definition) is 6. The van der Waals surface area contributed by atoms with Crippen molar-refractivity contribution in [3.63, 3.8) is 0 Å². The molecule has 0 bridgehead atoms. The lowest BCUT2D eigenvalue weighted by Crippen LogP contribution is -2.59. The second-order valence-electron chi connectivity index (χ2n) is 9.30. The Hall–Kier alpha value is -1.99. The summed E-state index contributed by atoms with van der Waals surface area (Å²) in [6, 6.07) is 4.17. The number of ether oxygens (including phenoxy) is 2. The molecule has 3 heterocycles. The molecule has 4 rings (SSSR count). The fourth-order valence-corrected chi connectivity index (χ4v) is 5.83. The van der Waals surface area contributed by atoms with Gasteiger partial charge in [0.1, 0.15) is 0 Å². The number of nitrogens with zero attached hydrogens (tertiary/aromatic N) is 3. The number of esters is 1. The number of hydrogen-bond donors (Lipinski definition) is 0. The molecule has 7 heteroatoms. The third-order valence-corrected chi connectivity index (χ3v) is 7.34. The molecule has 1 aromatic heterocycles. The molecule has 1 aliphatic carbocycles. The van der Waals surface area contributed by atoms with E-state index in [9.17, 15) is 9.59 Å². The number of pyridine rings is 1. The van der Waals surface area contributed by atoms with Gasteiger partial charge in [-0.05, 0) is 64.5 Å². The van der Waals surface area contributed by atoms with Crippen molar-refractivity contribution in [1.82, 2.24) is 14.8 Å². The van der Waals surface area contributed by atoms with E-state index in [1.165, 1.54) is 0 Å². The summed E-state index contributed by atoms with van der Waals surface area (Å²) in [6.07, 6.45) is 3.57. The van der Waals surface area contributed by atoms with E-state index in [0.717, 1.165) is 63.4 Å². The first-order valence-corrected chi connectivity index (χ1v) is 11.7. The van der Waals surface area contributed by atoms with Crippen LogP contribution in [0.4, 0.5) is 0 Å². The van der Waals surface area contributed by atoms with Crippen molar-refractivity contribution in [2.75, 3.05) is 46.0 Å². The van der Waals surface area contributed by atoms with Gasteiger partial charge in [0.05, 0.1) is 25.2 Å². The third kappa shape index (κ3) is 4.48. The molecular formula is C24H35N3O4. The lowest BCUT2D eigenvalue weighted by Gasteiger charge is -2.52. The van der Waals surface area contributed by atoms with Crippen LogP contribution in [-0.4, -0.2) is 78.7 Å². The minimum absolute atomic E-state index is 0.00831. The zero-order valence-corrected chi connectivity index (χ0v) is 19.1. The summed E-state index contributed by atoms with van der Waals surface area (Å²) in [6.45, 7) is 10.7. The predicted molar refractivity (Wildman–Crippen MR) is 117 cm³/mol. The Bertz CT molecular complexity index is 803. The molecule has 0 aromatic carbocycles. The highest BCUT2D eigenvalue weighted by Crippen LogP contribution is 2.48. The molecule has 3 atom stereocenters. The number of rotatable bonds is 4. The molecule has 0 spiro atoms. The van der Waals surface area contributed by atoms with Crippen LogP contribution in [0.15, 0.2) is 12.1 Å². The van der Waals surface area contributed by atoms with Crippen molar-refractivity contribution in [1.29, 1.82) is 0 Å². The maximum absolute atomic E-state index is 13.3. The highest BCUT2D eigenvalue weighted by atomic mass is 16.5. The Kier molecular flexibility index (Phi) is 6.63. The monoisotopic (exact) mass is 429 g/mol. The molecular weight excluding hydrogens is 394 g/mol. The van der Waals surface area contributed by atoms with Crippen LogP contribution in [0.25, 0.3) is 0 Å². The first kappa shape index (κ1) is 22.2. The normalized spacial score (nSPS) is 29.3. The molecule has 3 aliphatic rings. The van der Waals surface area contributed by atoms with Gasteiger partial charge in [-0.3, -0.25) is 19.5 Å². The topological polar surface area (TPSA) is 72.0 Å². The van der Waals surface area contributed by atoms with Crippen LogP contribution in [0.2, 0.25) is 0 Å². The highest BCUT2D eigenvalue weighted by molar-refractivity contribution is 5.95. The van der Waals surface area contributed by atoms with Crippen molar-refractivity contribution >= 4 is 11.9 Å². The van der Waals surface area contributed by atoms with Crippen LogP contribution >= 0.6 is 0 Å². The maximum atomic E-state index is 13.3. The van der Waals surface area contributed by atoms with Crippen molar-refractivity contribution in [3.05, 3.63) is 29.1 Å². The van der Waals surface area contributed by atoms with Crippen LogP contribution in [-0.2, 0) is 14.3 Å². The van der Waals surface area contributed by atoms with Gasteiger partial charge in [0.2, 0.25) is 0 Å². The van der Waals surface area contributed by atoms with Crippen LogP contribution in [0, 0.1) is 25.2 Å². The number of carbonyl (C=O) groups excluding carboxylic acids is 2. The predicted octanol–water partition coefficient (Wildman–Crippen LogP) is 2.59. The number of likely N-dealkylation sites (tertiary alicyclic amines) is 1. The fourth-order valence-electron chi connectivity index (χ4n) is 5.83. The highest BCUT2D eigenvalue weighted by Gasteiger charge is 2.54. The first-order valence-electron chi connectivity index (χ1n) is 11.7. The van der Waals surface area contributed by atoms with E-state index in [4.69, 9.17) is 9.47 Å². The van der Waals surface area contributed by atoms with Gasteiger partial charge in [-0.25, -0.2) is 0 Å². The summed E-state index contributed by atoms with van der Waals surface area (Å²) in [5.41, 5.74) is 1.74. The molecule has 0 radical (unpaired) electrons. The number of amides is 1. The molecule has 1 saturated carbocycles. The molecule has 1 amide bonds. The standard InChI is InChI=1S/C24H35N3O4/c1-4-31-23(29)24-7-5-21(26-9-11-30-12-10-26)15-20(24)6-8-27(16-24)22(28)19-13-17(2)25-18(3)14-19/h13-14,20-21H,4-12,15-16H2,1-3H3/t20-,21-,24-/m1/s1. The van der Waals surface area contributed by atoms with Gasteiger partial charge in [-0.2, -0.15) is 0 Å².